The van der Waals surface area contributed by atoms with Crippen LogP contribution >= 0.6 is 24.0 Å². The third-order valence-electron chi connectivity index (χ3n) is 3.45. The van der Waals surface area contributed by atoms with Crippen molar-refractivity contribution in [2.45, 2.75) is 26.3 Å². The Labute approximate surface area is 163 Å². The van der Waals surface area contributed by atoms with E-state index in [0.29, 0.717) is 19.0 Å². The molecule has 0 fully saturated rings. The van der Waals surface area contributed by atoms with Crippen LogP contribution < -0.4 is 10.6 Å². The number of aryl methyl sites for hydroxylation is 1. The van der Waals surface area contributed by atoms with E-state index < -0.39 is 11.6 Å². The second-order valence-corrected chi connectivity index (χ2v) is 5.26. The van der Waals surface area contributed by atoms with E-state index in [2.05, 4.69) is 20.7 Å². The minimum absolute atomic E-state index is 0. The van der Waals surface area contributed by atoms with Crippen LogP contribution in [0.2, 0.25) is 0 Å². The van der Waals surface area contributed by atoms with E-state index in [-0.39, 0.29) is 36.0 Å². The van der Waals surface area contributed by atoms with Crippen molar-refractivity contribution in [2.24, 2.45) is 4.99 Å². The molecule has 0 saturated heterocycles. The summed E-state index contributed by atoms with van der Waals surface area (Å²) in [5.74, 6) is -0.384. The molecule has 5 nitrogen and oxygen atoms in total. The van der Waals surface area contributed by atoms with Gasteiger partial charge in [-0.15, -0.1) is 24.0 Å². The molecule has 0 spiro atoms. The predicted molar refractivity (Wildman–Crippen MR) is 106 cm³/mol. The van der Waals surface area contributed by atoms with Crippen molar-refractivity contribution < 1.29 is 8.78 Å². The van der Waals surface area contributed by atoms with E-state index in [9.17, 15) is 8.78 Å². The summed E-state index contributed by atoms with van der Waals surface area (Å²) in [6.07, 6.45) is 4.78. The van der Waals surface area contributed by atoms with Crippen LogP contribution in [-0.4, -0.2) is 35.4 Å². The number of benzene rings is 1. The maximum Gasteiger partial charge on any atom is 0.191 e. The monoisotopic (exact) mass is 463 g/mol. The van der Waals surface area contributed by atoms with Gasteiger partial charge in [0.25, 0.3) is 0 Å². The van der Waals surface area contributed by atoms with Gasteiger partial charge in [-0.1, -0.05) is 6.07 Å². The Morgan fingerprint density at radius 2 is 1.96 bits per heavy atom. The van der Waals surface area contributed by atoms with Gasteiger partial charge >= 0.3 is 0 Å². The fourth-order valence-electron chi connectivity index (χ4n) is 2.28. The Morgan fingerprint density at radius 1 is 1.20 bits per heavy atom. The normalized spacial score (nSPS) is 11.1. The zero-order chi connectivity index (χ0) is 17.2. The summed E-state index contributed by atoms with van der Waals surface area (Å²) in [5, 5.41) is 10.4. The summed E-state index contributed by atoms with van der Waals surface area (Å²) in [6.45, 7) is 4.54. The van der Waals surface area contributed by atoms with E-state index in [1.54, 1.807) is 6.20 Å². The van der Waals surface area contributed by atoms with Crippen LogP contribution in [0.25, 0.3) is 0 Å². The lowest BCUT2D eigenvalue weighted by Crippen LogP contribution is -2.38. The van der Waals surface area contributed by atoms with E-state index >= 15 is 0 Å². The van der Waals surface area contributed by atoms with Crippen molar-refractivity contribution in [1.29, 1.82) is 0 Å². The molecule has 0 aliphatic heterocycles. The Bertz CT molecular complexity index is 626. The highest BCUT2D eigenvalue weighted by atomic mass is 127. The minimum Gasteiger partial charge on any atom is -0.357 e. The summed E-state index contributed by atoms with van der Waals surface area (Å²) in [6, 6.07) is 5.80. The second kappa shape index (κ2) is 11.8. The molecule has 0 bridgehead atoms. The molecule has 1 aromatic carbocycles. The quantitative estimate of drug-likeness (QED) is 0.274. The molecule has 2 rings (SSSR count). The number of aliphatic imine (C=N–C) groups is 1. The van der Waals surface area contributed by atoms with Gasteiger partial charge in [0.1, 0.15) is 11.6 Å². The number of hydrogen-bond donors (Lipinski definition) is 2. The van der Waals surface area contributed by atoms with Crippen LogP contribution in [0.4, 0.5) is 8.78 Å². The van der Waals surface area contributed by atoms with Gasteiger partial charge in [-0.3, -0.25) is 9.67 Å². The molecular formula is C17H24F2IN5. The van der Waals surface area contributed by atoms with Gasteiger partial charge in [-0.25, -0.2) is 8.78 Å². The summed E-state index contributed by atoms with van der Waals surface area (Å²) in [7, 11) is 0. The Balaban J connectivity index is 0.00000312. The molecule has 138 valence electrons. The van der Waals surface area contributed by atoms with E-state index in [0.717, 1.165) is 19.5 Å². The Hall–Kier alpha value is -1.71. The molecule has 0 aliphatic carbocycles. The summed E-state index contributed by atoms with van der Waals surface area (Å²) < 4.78 is 29.0. The predicted octanol–water partition coefficient (Wildman–Crippen LogP) is 2.97. The maximum atomic E-state index is 13.6. The first-order valence-electron chi connectivity index (χ1n) is 8.13. The summed E-state index contributed by atoms with van der Waals surface area (Å²) >= 11 is 0. The number of nitrogens with one attached hydrogen (secondary N) is 2. The Kier molecular flexibility index (Phi) is 10.0. The van der Waals surface area contributed by atoms with Crippen LogP contribution in [0.5, 0.6) is 0 Å². The topological polar surface area (TPSA) is 54.2 Å². The largest absolute Gasteiger partial charge is 0.357 e. The number of rotatable bonds is 8. The molecule has 1 heterocycles. The molecule has 8 heteroatoms. The van der Waals surface area contributed by atoms with Gasteiger partial charge in [0.15, 0.2) is 5.96 Å². The fraction of sp³-hybridized carbons (Fsp3) is 0.412. The van der Waals surface area contributed by atoms with E-state index in [1.807, 2.05) is 23.9 Å². The molecule has 0 amide bonds. The van der Waals surface area contributed by atoms with Crippen LogP contribution in [0.15, 0.2) is 41.7 Å². The Morgan fingerprint density at radius 3 is 2.60 bits per heavy atom. The first-order chi connectivity index (χ1) is 11.7. The lowest BCUT2D eigenvalue weighted by Gasteiger charge is -2.12. The number of nitrogens with zero attached hydrogens (tertiary/aromatic N) is 3. The maximum absolute atomic E-state index is 13.6. The second-order valence-electron chi connectivity index (χ2n) is 5.26. The molecule has 0 saturated carbocycles. The van der Waals surface area contributed by atoms with Crippen molar-refractivity contribution in [3.8, 4) is 0 Å². The van der Waals surface area contributed by atoms with Gasteiger partial charge in [0.05, 0.1) is 0 Å². The molecule has 0 atom stereocenters. The van der Waals surface area contributed by atoms with Gasteiger partial charge in [-0.05, 0) is 38.0 Å². The molecule has 1 aromatic heterocycles. The standard InChI is InChI=1S/C17H23F2N5.HI/c1-2-20-17(21-9-4-12-24-13-5-10-23-24)22-11-8-14-15(18)6-3-7-16(14)19;/h3,5-7,10,13H,2,4,8-9,11-12H2,1H3,(H2,20,21,22);1H. The minimum atomic E-state index is -0.516. The SMILES string of the molecule is CCNC(=NCCCn1cccn1)NCCc1c(F)cccc1F.I. The summed E-state index contributed by atoms with van der Waals surface area (Å²) in [4.78, 5) is 4.45. The van der Waals surface area contributed by atoms with Crippen molar-refractivity contribution in [3.05, 3.63) is 53.9 Å². The zero-order valence-corrected chi connectivity index (χ0v) is 16.5. The molecule has 0 aliphatic rings. The lowest BCUT2D eigenvalue weighted by molar-refractivity contribution is 0.552. The highest BCUT2D eigenvalue weighted by molar-refractivity contribution is 14.0. The average Bonchev–Trinajstić information content (AvgIpc) is 3.07. The number of guanidine groups is 1. The van der Waals surface area contributed by atoms with Gasteiger partial charge in [0, 0.05) is 44.1 Å². The van der Waals surface area contributed by atoms with Gasteiger partial charge in [0.2, 0.25) is 0 Å². The highest BCUT2D eigenvalue weighted by Gasteiger charge is 2.08. The molecule has 25 heavy (non-hydrogen) atoms. The van der Waals surface area contributed by atoms with Crippen molar-refractivity contribution in [2.75, 3.05) is 19.6 Å². The molecule has 2 aromatic rings. The van der Waals surface area contributed by atoms with Crippen LogP contribution in [0.3, 0.4) is 0 Å². The van der Waals surface area contributed by atoms with E-state index in [1.165, 1.54) is 18.2 Å². The van der Waals surface area contributed by atoms with Crippen molar-refractivity contribution in [1.82, 2.24) is 20.4 Å². The van der Waals surface area contributed by atoms with Crippen LogP contribution in [0, 0.1) is 11.6 Å². The zero-order valence-electron chi connectivity index (χ0n) is 14.2. The van der Waals surface area contributed by atoms with Gasteiger partial charge < -0.3 is 10.6 Å². The third kappa shape index (κ3) is 7.37. The number of halogens is 3. The average molecular weight is 463 g/mol. The van der Waals surface area contributed by atoms with Crippen molar-refractivity contribution in [3.63, 3.8) is 0 Å². The highest BCUT2D eigenvalue weighted by Crippen LogP contribution is 2.11. The third-order valence-corrected chi connectivity index (χ3v) is 3.45. The molecule has 0 radical (unpaired) electrons. The van der Waals surface area contributed by atoms with E-state index in [4.69, 9.17) is 0 Å². The van der Waals surface area contributed by atoms with Crippen LogP contribution in [0.1, 0.15) is 18.9 Å². The molecule has 0 unspecified atom stereocenters. The number of hydrogen-bond acceptors (Lipinski definition) is 2. The fourth-order valence-corrected chi connectivity index (χ4v) is 2.28. The first-order valence-corrected chi connectivity index (χ1v) is 8.13. The van der Waals surface area contributed by atoms with Crippen LogP contribution in [-0.2, 0) is 13.0 Å². The smallest absolute Gasteiger partial charge is 0.191 e. The lowest BCUT2D eigenvalue weighted by atomic mass is 10.1. The number of aromatic nitrogens is 2. The first kappa shape index (κ1) is 21.3. The molecular weight excluding hydrogens is 439 g/mol. The van der Waals surface area contributed by atoms with Gasteiger partial charge in [-0.2, -0.15) is 5.10 Å². The molecule has 2 N–H and O–H groups in total. The summed E-state index contributed by atoms with van der Waals surface area (Å²) in [5.41, 5.74) is 0.0968. The van der Waals surface area contributed by atoms with Crippen molar-refractivity contribution >= 4 is 29.9 Å².